The number of carbonyl (C=O) groups excluding carboxylic acids is 1. The van der Waals surface area contributed by atoms with Crippen molar-refractivity contribution in [3.63, 3.8) is 0 Å². The van der Waals surface area contributed by atoms with Gasteiger partial charge in [-0.3, -0.25) is 4.79 Å². The molecule has 1 rings (SSSR count). The van der Waals surface area contributed by atoms with Gasteiger partial charge in [-0.1, -0.05) is 0 Å². The first-order valence-electron chi connectivity index (χ1n) is 2.78. The second-order valence-electron chi connectivity index (χ2n) is 1.88. The van der Waals surface area contributed by atoms with Gasteiger partial charge in [-0.25, -0.2) is 4.98 Å². The van der Waals surface area contributed by atoms with Crippen molar-refractivity contribution in [2.45, 2.75) is 13.3 Å². The molecule has 54 valence electrons. The fourth-order valence-corrected chi connectivity index (χ4v) is 1.64. The van der Waals surface area contributed by atoms with Crippen LogP contribution in [-0.2, 0) is 11.2 Å². The lowest BCUT2D eigenvalue weighted by molar-refractivity contribution is -0.111. The first-order valence-corrected chi connectivity index (χ1v) is 3.97. The first kappa shape index (κ1) is 7.69. The van der Waals surface area contributed by atoms with E-state index in [0.29, 0.717) is 6.42 Å². The molecule has 4 heteroatoms. The van der Waals surface area contributed by atoms with E-state index in [1.807, 2.05) is 6.92 Å². The predicted octanol–water partition coefficient (Wildman–Crippen LogP) is 1.76. The average Bonchev–Trinajstić information content (AvgIpc) is 2.13. The van der Waals surface area contributed by atoms with E-state index in [2.05, 4.69) is 4.98 Å². The summed E-state index contributed by atoms with van der Waals surface area (Å²) in [5.41, 5.74) is 0. The van der Waals surface area contributed by atoms with Gasteiger partial charge >= 0.3 is 0 Å². The van der Waals surface area contributed by atoms with E-state index in [1.54, 1.807) is 6.20 Å². The Balaban J connectivity index is 2.67. The zero-order chi connectivity index (χ0) is 7.56. The van der Waals surface area contributed by atoms with Crippen LogP contribution in [0, 0.1) is 6.92 Å². The van der Waals surface area contributed by atoms with Crippen LogP contribution >= 0.6 is 22.9 Å². The van der Waals surface area contributed by atoms with Crippen LogP contribution in [0.1, 0.15) is 9.88 Å². The number of aryl methyl sites for hydroxylation is 1. The van der Waals surface area contributed by atoms with Crippen LogP contribution in [0.3, 0.4) is 0 Å². The maximum atomic E-state index is 10.4. The van der Waals surface area contributed by atoms with E-state index >= 15 is 0 Å². The monoisotopic (exact) mass is 175 g/mol. The molecule has 2 nitrogen and oxygen atoms in total. The van der Waals surface area contributed by atoms with Crippen molar-refractivity contribution in [3.8, 4) is 0 Å². The smallest absolute Gasteiger partial charge is 0.226 e. The Morgan fingerprint density at radius 1 is 1.90 bits per heavy atom. The molecule has 0 saturated carbocycles. The quantitative estimate of drug-likeness (QED) is 0.642. The molecule has 0 bridgehead atoms. The van der Waals surface area contributed by atoms with Crippen LogP contribution in [0.4, 0.5) is 0 Å². The van der Waals surface area contributed by atoms with Crippen molar-refractivity contribution in [2.75, 3.05) is 0 Å². The molecule has 0 fully saturated rings. The highest BCUT2D eigenvalue weighted by molar-refractivity contribution is 7.11. The molecule has 0 aliphatic carbocycles. The van der Waals surface area contributed by atoms with Crippen LogP contribution in [0.2, 0.25) is 0 Å². The van der Waals surface area contributed by atoms with E-state index in [4.69, 9.17) is 11.6 Å². The Kier molecular flexibility index (Phi) is 2.40. The fraction of sp³-hybridized carbons (Fsp3) is 0.333. The summed E-state index contributed by atoms with van der Waals surface area (Å²) in [6, 6.07) is 0. The minimum atomic E-state index is -0.330. The minimum absolute atomic E-state index is 0.299. The number of rotatable bonds is 2. The molecule has 0 saturated heterocycles. The molecule has 0 aromatic carbocycles. The first-order chi connectivity index (χ1) is 4.68. The number of carbonyl (C=O) groups is 1. The van der Waals surface area contributed by atoms with Crippen molar-refractivity contribution < 1.29 is 4.79 Å². The highest BCUT2D eigenvalue weighted by Crippen LogP contribution is 2.12. The molecule has 1 heterocycles. The molecule has 0 atom stereocenters. The number of nitrogens with zero attached hydrogens (tertiary/aromatic N) is 1. The molecule has 0 aliphatic rings. The summed E-state index contributed by atoms with van der Waals surface area (Å²) in [5.74, 6) is 0. The van der Waals surface area contributed by atoms with Crippen molar-refractivity contribution in [1.29, 1.82) is 0 Å². The highest BCUT2D eigenvalue weighted by atomic mass is 35.5. The maximum absolute atomic E-state index is 10.4. The Hall–Kier alpha value is -0.410. The van der Waals surface area contributed by atoms with Crippen molar-refractivity contribution >= 4 is 28.2 Å². The zero-order valence-corrected chi connectivity index (χ0v) is 7.00. The molecular weight excluding hydrogens is 170 g/mol. The van der Waals surface area contributed by atoms with Crippen molar-refractivity contribution in [1.82, 2.24) is 4.98 Å². The van der Waals surface area contributed by atoms with Crippen LogP contribution in [0.5, 0.6) is 0 Å². The second kappa shape index (κ2) is 3.12. The van der Waals surface area contributed by atoms with Gasteiger partial charge in [-0.05, 0) is 18.5 Å². The summed E-state index contributed by atoms with van der Waals surface area (Å²) in [6.45, 7) is 1.90. The van der Waals surface area contributed by atoms with Gasteiger partial charge in [-0.15, -0.1) is 11.3 Å². The van der Waals surface area contributed by atoms with E-state index in [-0.39, 0.29) is 5.24 Å². The number of hydrogen-bond donors (Lipinski definition) is 0. The van der Waals surface area contributed by atoms with Gasteiger partial charge < -0.3 is 0 Å². The number of halogens is 1. The van der Waals surface area contributed by atoms with Crippen LogP contribution < -0.4 is 0 Å². The third-order valence-corrected chi connectivity index (χ3v) is 2.03. The van der Waals surface area contributed by atoms with Crippen molar-refractivity contribution in [2.24, 2.45) is 0 Å². The summed E-state index contributed by atoms with van der Waals surface area (Å²) >= 11 is 6.66. The van der Waals surface area contributed by atoms with Gasteiger partial charge in [0.2, 0.25) is 5.24 Å². The molecular formula is C6H6ClNOS. The van der Waals surface area contributed by atoms with Gasteiger partial charge in [0, 0.05) is 11.1 Å². The maximum Gasteiger partial charge on any atom is 0.226 e. The van der Waals surface area contributed by atoms with Crippen molar-refractivity contribution in [3.05, 3.63) is 16.1 Å². The number of thiazole rings is 1. The zero-order valence-electron chi connectivity index (χ0n) is 5.43. The SMILES string of the molecule is Cc1ncc(CC(=O)Cl)s1. The average molecular weight is 176 g/mol. The van der Waals surface area contributed by atoms with E-state index in [9.17, 15) is 4.79 Å². The lowest BCUT2D eigenvalue weighted by atomic mass is 10.4. The summed E-state index contributed by atoms with van der Waals surface area (Å²) in [6.07, 6.45) is 1.98. The Bertz CT molecular complexity index is 246. The molecule has 0 amide bonds. The number of hydrogen-bond acceptors (Lipinski definition) is 3. The lowest BCUT2D eigenvalue weighted by Gasteiger charge is -1.83. The summed E-state index contributed by atoms with van der Waals surface area (Å²) in [7, 11) is 0. The Morgan fingerprint density at radius 2 is 2.60 bits per heavy atom. The number of aromatic nitrogens is 1. The lowest BCUT2D eigenvalue weighted by Crippen LogP contribution is -1.88. The molecule has 10 heavy (non-hydrogen) atoms. The largest absolute Gasteiger partial charge is 0.281 e. The Morgan fingerprint density at radius 3 is 3.00 bits per heavy atom. The molecule has 0 radical (unpaired) electrons. The molecule has 0 N–H and O–H groups in total. The molecule has 1 aromatic rings. The summed E-state index contributed by atoms with van der Waals surface area (Å²) in [5, 5.41) is 0.636. The molecule has 1 aromatic heterocycles. The van der Waals surface area contributed by atoms with Gasteiger partial charge in [0.15, 0.2) is 0 Å². The van der Waals surface area contributed by atoms with Crippen LogP contribution in [-0.4, -0.2) is 10.2 Å². The van der Waals surface area contributed by atoms with E-state index in [1.165, 1.54) is 11.3 Å². The van der Waals surface area contributed by atoms with Gasteiger partial charge in [-0.2, -0.15) is 0 Å². The molecule has 0 spiro atoms. The topological polar surface area (TPSA) is 30.0 Å². The third kappa shape index (κ3) is 2.08. The van der Waals surface area contributed by atoms with Gasteiger partial charge in [0.1, 0.15) is 0 Å². The fourth-order valence-electron chi connectivity index (χ4n) is 0.624. The second-order valence-corrected chi connectivity index (χ2v) is 3.62. The molecule has 0 unspecified atom stereocenters. The third-order valence-electron chi connectivity index (χ3n) is 0.982. The van der Waals surface area contributed by atoms with Gasteiger partial charge in [0.25, 0.3) is 0 Å². The van der Waals surface area contributed by atoms with E-state index in [0.717, 1.165) is 9.88 Å². The summed E-state index contributed by atoms with van der Waals surface area (Å²) < 4.78 is 0. The highest BCUT2D eigenvalue weighted by Gasteiger charge is 2.01. The predicted molar refractivity (Wildman–Crippen MR) is 41.4 cm³/mol. The standard InChI is InChI=1S/C6H6ClNOS/c1-4-8-3-5(10-4)2-6(7)9/h3H,2H2,1H3. The van der Waals surface area contributed by atoms with Gasteiger partial charge in [0.05, 0.1) is 11.4 Å². The summed E-state index contributed by atoms with van der Waals surface area (Å²) in [4.78, 5) is 15.3. The normalized spacial score (nSPS) is 9.80. The van der Waals surface area contributed by atoms with Crippen LogP contribution in [0.25, 0.3) is 0 Å². The van der Waals surface area contributed by atoms with E-state index < -0.39 is 0 Å². The minimum Gasteiger partial charge on any atom is -0.281 e. The van der Waals surface area contributed by atoms with Crippen LogP contribution in [0.15, 0.2) is 6.20 Å². The molecule has 0 aliphatic heterocycles. The Labute approximate surface area is 67.9 Å².